The zero-order valence-electron chi connectivity index (χ0n) is 12.1. The Morgan fingerprint density at radius 3 is 2.42 bits per heavy atom. The standard InChI is InChI=1S/C13H13ClF3N3O4/c14-9-6-10(11(20(23)24)5-8(9)13(15,16)17)18-7-1-3-19(4-2-7)12(21)22/h5-7,18H,1-4H2,(H,21,22). The summed E-state index contributed by atoms with van der Waals surface area (Å²) in [4.78, 5) is 22.2. The predicted octanol–water partition coefficient (Wildman–Crippen LogP) is 3.82. The number of carbonyl (C=O) groups is 1. The van der Waals surface area contributed by atoms with Gasteiger partial charge in [0.1, 0.15) is 5.69 Å². The number of hydrogen-bond donors (Lipinski definition) is 2. The van der Waals surface area contributed by atoms with E-state index in [4.69, 9.17) is 16.7 Å². The van der Waals surface area contributed by atoms with Crippen molar-refractivity contribution in [2.45, 2.75) is 25.1 Å². The van der Waals surface area contributed by atoms with Crippen molar-refractivity contribution in [1.29, 1.82) is 0 Å². The van der Waals surface area contributed by atoms with Gasteiger partial charge in [0.05, 0.1) is 15.5 Å². The summed E-state index contributed by atoms with van der Waals surface area (Å²) in [6, 6.07) is 0.982. The number of benzene rings is 1. The molecule has 0 aromatic heterocycles. The Labute approximate surface area is 139 Å². The summed E-state index contributed by atoms with van der Waals surface area (Å²) in [5.74, 6) is 0. The van der Waals surface area contributed by atoms with Gasteiger partial charge in [-0.3, -0.25) is 10.1 Å². The van der Waals surface area contributed by atoms with E-state index in [-0.39, 0.29) is 24.8 Å². The molecule has 1 aliphatic rings. The Hall–Kier alpha value is -2.23. The van der Waals surface area contributed by atoms with E-state index < -0.39 is 33.5 Å². The third-order valence-corrected chi connectivity index (χ3v) is 4.03. The van der Waals surface area contributed by atoms with Gasteiger partial charge in [-0.2, -0.15) is 13.2 Å². The highest BCUT2D eigenvalue weighted by molar-refractivity contribution is 6.31. The van der Waals surface area contributed by atoms with Crippen LogP contribution in [0.1, 0.15) is 18.4 Å². The van der Waals surface area contributed by atoms with Crippen molar-refractivity contribution in [2.75, 3.05) is 18.4 Å². The number of hydrogen-bond acceptors (Lipinski definition) is 4. The fourth-order valence-electron chi connectivity index (χ4n) is 2.48. The molecule has 0 radical (unpaired) electrons. The maximum Gasteiger partial charge on any atom is 0.418 e. The van der Waals surface area contributed by atoms with Crippen LogP contribution in [0.25, 0.3) is 0 Å². The predicted molar refractivity (Wildman–Crippen MR) is 79.4 cm³/mol. The van der Waals surface area contributed by atoms with Gasteiger partial charge >= 0.3 is 12.3 Å². The van der Waals surface area contributed by atoms with Crippen LogP contribution in [0.15, 0.2) is 12.1 Å². The Balaban J connectivity index is 2.23. The average molecular weight is 368 g/mol. The van der Waals surface area contributed by atoms with Gasteiger partial charge in [-0.25, -0.2) is 4.79 Å². The Morgan fingerprint density at radius 1 is 1.38 bits per heavy atom. The van der Waals surface area contributed by atoms with Gasteiger partial charge in [-0.1, -0.05) is 11.6 Å². The van der Waals surface area contributed by atoms with E-state index in [2.05, 4.69) is 5.32 Å². The van der Waals surface area contributed by atoms with Crippen molar-refractivity contribution in [3.8, 4) is 0 Å². The third-order valence-electron chi connectivity index (χ3n) is 3.71. The highest BCUT2D eigenvalue weighted by Gasteiger charge is 2.36. The second-order valence-corrected chi connectivity index (χ2v) is 5.70. The molecule has 1 aromatic carbocycles. The number of rotatable bonds is 3. The van der Waals surface area contributed by atoms with Crippen LogP contribution in [0.4, 0.5) is 29.3 Å². The number of nitro groups is 1. The zero-order valence-corrected chi connectivity index (χ0v) is 12.9. The van der Waals surface area contributed by atoms with Crippen molar-refractivity contribution < 1.29 is 28.0 Å². The normalized spacial score (nSPS) is 16.1. The number of nitrogens with one attached hydrogen (secondary N) is 1. The highest BCUT2D eigenvalue weighted by Crippen LogP contribution is 2.40. The molecule has 0 unspecified atom stereocenters. The van der Waals surface area contributed by atoms with E-state index in [1.807, 2.05) is 0 Å². The summed E-state index contributed by atoms with van der Waals surface area (Å²) in [6.45, 7) is 0.463. The molecule has 1 heterocycles. The zero-order chi connectivity index (χ0) is 18.1. The van der Waals surface area contributed by atoms with Gasteiger partial charge in [0.2, 0.25) is 0 Å². The Kier molecular flexibility index (Phi) is 5.07. The summed E-state index contributed by atoms with van der Waals surface area (Å²) in [5.41, 5.74) is -2.12. The largest absolute Gasteiger partial charge is 0.465 e. The molecule has 2 N–H and O–H groups in total. The van der Waals surface area contributed by atoms with Crippen LogP contribution in [-0.4, -0.2) is 40.2 Å². The molecule has 0 bridgehead atoms. The summed E-state index contributed by atoms with van der Waals surface area (Å²) in [5, 5.41) is 22.1. The summed E-state index contributed by atoms with van der Waals surface area (Å²) >= 11 is 5.60. The number of carboxylic acid groups (broad SMARTS) is 1. The molecule has 0 saturated carbocycles. The molecule has 1 aliphatic heterocycles. The number of nitrogens with zero attached hydrogens (tertiary/aromatic N) is 2. The quantitative estimate of drug-likeness (QED) is 0.625. The summed E-state index contributed by atoms with van der Waals surface area (Å²) in [6.07, 6.45) is -5.10. The number of likely N-dealkylation sites (tertiary alicyclic amines) is 1. The molecular formula is C13H13ClF3N3O4. The van der Waals surface area contributed by atoms with Crippen molar-refractivity contribution in [2.24, 2.45) is 0 Å². The van der Waals surface area contributed by atoms with Crippen LogP contribution in [0, 0.1) is 10.1 Å². The van der Waals surface area contributed by atoms with Crippen molar-refractivity contribution in [3.05, 3.63) is 32.8 Å². The van der Waals surface area contributed by atoms with Gasteiger partial charge in [-0.05, 0) is 18.9 Å². The third kappa shape index (κ3) is 3.99. The fraction of sp³-hybridized carbons (Fsp3) is 0.462. The fourth-order valence-corrected chi connectivity index (χ4v) is 2.75. The number of amides is 1. The molecule has 0 spiro atoms. The Morgan fingerprint density at radius 2 is 1.96 bits per heavy atom. The monoisotopic (exact) mass is 367 g/mol. The van der Waals surface area contributed by atoms with Crippen LogP contribution in [0.2, 0.25) is 5.02 Å². The number of piperidine rings is 1. The molecular weight excluding hydrogens is 355 g/mol. The summed E-state index contributed by atoms with van der Waals surface area (Å²) in [7, 11) is 0. The van der Waals surface area contributed by atoms with E-state index in [0.717, 1.165) is 6.07 Å². The van der Waals surface area contributed by atoms with Crippen LogP contribution < -0.4 is 5.32 Å². The number of alkyl halides is 3. The van der Waals surface area contributed by atoms with E-state index in [0.29, 0.717) is 18.9 Å². The SMILES string of the molecule is O=C(O)N1CCC(Nc2cc(Cl)c(C(F)(F)F)cc2[N+](=O)[O-])CC1. The molecule has 1 aromatic rings. The van der Waals surface area contributed by atoms with Gasteiger partial charge in [0.25, 0.3) is 5.69 Å². The lowest BCUT2D eigenvalue weighted by Gasteiger charge is -2.31. The van der Waals surface area contributed by atoms with Crippen molar-refractivity contribution in [1.82, 2.24) is 4.90 Å². The van der Waals surface area contributed by atoms with Crippen LogP contribution in [0.3, 0.4) is 0 Å². The molecule has 1 amide bonds. The second kappa shape index (κ2) is 6.71. The molecule has 7 nitrogen and oxygen atoms in total. The van der Waals surface area contributed by atoms with Gasteiger partial charge in [0.15, 0.2) is 0 Å². The van der Waals surface area contributed by atoms with E-state index in [1.165, 1.54) is 4.90 Å². The first kappa shape index (κ1) is 18.1. The van der Waals surface area contributed by atoms with Crippen molar-refractivity contribution >= 4 is 29.1 Å². The first-order valence-corrected chi connectivity index (χ1v) is 7.27. The number of halogens is 4. The lowest BCUT2D eigenvalue weighted by atomic mass is 10.0. The van der Waals surface area contributed by atoms with Crippen LogP contribution in [0.5, 0.6) is 0 Å². The van der Waals surface area contributed by atoms with Crippen molar-refractivity contribution in [3.63, 3.8) is 0 Å². The maximum atomic E-state index is 12.8. The van der Waals surface area contributed by atoms with Crippen LogP contribution in [-0.2, 0) is 6.18 Å². The molecule has 11 heteroatoms. The molecule has 132 valence electrons. The molecule has 24 heavy (non-hydrogen) atoms. The Bertz CT molecular complexity index is 661. The minimum atomic E-state index is -4.80. The first-order chi connectivity index (χ1) is 11.1. The maximum absolute atomic E-state index is 12.8. The molecule has 1 saturated heterocycles. The molecule has 2 rings (SSSR count). The lowest BCUT2D eigenvalue weighted by molar-refractivity contribution is -0.384. The molecule has 1 fully saturated rings. The smallest absolute Gasteiger partial charge is 0.418 e. The summed E-state index contributed by atoms with van der Waals surface area (Å²) < 4.78 is 38.4. The average Bonchev–Trinajstić information content (AvgIpc) is 2.46. The minimum Gasteiger partial charge on any atom is -0.465 e. The number of nitro benzene ring substituents is 1. The van der Waals surface area contributed by atoms with Crippen LogP contribution >= 0.6 is 11.6 Å². The second-order valence-electron chi connectivity index (χ2n) is 5.29. The van der Waals surface area contributed by atoms with E-state index in [9.17, 15) is 28.1 Å². The van der Waals surface area contributed by atoms with Gasteiger partial charge < -0.3 is 15.3 Å². The van der Waals surface area contributed by atoms with Gasteiger partial charge in [0, 0.05) is 25.2 Å². The lowest BCUT2D eigenvalue weighted by Crippen LogP contribution is -2.41. The van der Waals surface area contributed by atoms with Gasteiger partial charge in [-0.15, -0.1) is 0 Å². The highest BCUT2D eigenvalue weighted by atomic mass is 35.5. The minimum absolute atomic E-state index is 0.119. The molecule has 0 aliphatic carbocycles. The molecule has 0 atom stereocenters. The van der Waals surface area contributed by atoms with E-state index in [1.54, 1.807) is 0 Å². The number of anilines is 1. The topological polar surface area (TPSA) is 95.7 Å². The first-order valence-electron chi connectivity index (χ1n) is 6.89. The van der Waals surface area contributed by atoms with E-state index >= 15 is 0 Å².